The lowest BCUT2D eigenvalue weighted by molar-refractivity contribution is 0.0520. The largest absolute Gasteiger partial charge is 0.461 e. The van der Waals surface area contributed by atoms with Crippen molar-refractivity contribution >= 4 is 19.3 Å². The molecule has 0 amide bonds. The van der Waals surface area contributed by atoms with Gasteiger partial charge >= 0.3 is 13.6 Å². The standard InChI is InChI=1S/C22H30FN2O5P/c1-4-28-22(26)21-20(24-12-7-13-31(27,29-5-2)30-6-3)15-18(16-25-21)14-17-8-10-19(23)11-9-17/h8-11,15-16,24H,4-7,12-14H2,1-3H3. The van der Waals surface area contributed by atoms with Gasteiger partial charge in [0, 0.05) is 12.7 Å². The number of anilines is 1. The van der Waals surface area contributed by atoms with E-state index in [1.807, 2.05) is 6.07 Å². The normalized spacial score (nSPS) is 11.4. The lowest BCUT2D eigenvalue weighted by atomic mass is 10.1. The fourth-order valence-corrected chi connectivity index (χ4v) is 4.66. The number of rotatable bonds is 13. The van der Waals surface area contributed by atoms with E-state index in [1.54, 1.807) is 39.1 Å². The number of benzene rings is 1. The summed E-state index contributed by atoms with van der Waals surface area (Å²) in [6, 6.07) is 8.06. The number of hydrogen-bond acceptors (Lipinski definition) is 7. The first-order valence-electron chi connectivity index (χ1n) is 10.4. The van der Waals surface area contributed by atoms with Crippen LogP contribution < -0.4 is 5.32 Å². The van der Waals surface area contributed by atoms with Crippen molar-refractivity contribution in [1.29, 1.82) is 0 Å². The first-order chi connectivity index (χ1) is 14.9. The lowest BCUT2D eigenvalue weighted by Gasteiger charge is -2.17. The molecule has 0 aliphatic rings. The van der Waals surface area contributed by atoms with Gasteiger partial charge in [-0.3, -0.25) is 4.57 Å². The van der Waals surface area contributed by atoms with Crippen LogP contribution in [0.4, 0.5) is 10.1 Å². The van der Waals surface area contributed by atoms with Gasteiger partial charge in [0.05, 0.1) is 31.7 Å². The molecular weight excluding hydrogens is 422 g/mol. The van der Waals surface area contributed by atoms with E-state index in [0.717, 1.165) is 11.1 Å². The van der Waals surface area contributed by atoms with Crippen LogP contribution >= 0.6 is 7.60 Å². The quantitative estimate of drug-likeness (QED) is 0.258. The molecule has 1 heterocycles. The second kappa shape index (κ2) is 12.5. The third-order valence-electron chi connectivity index (χ3n) is 4.31. The summed E-state index contributed by atoms with van der Waals surface area (Å²) in [5.74, 6) is -0.814. The van der Waals surface area contributed by atoms with Crippen molar-refractivity contribution in [2.75, 3.05) is 37.8 Å². The van der Waals surface area contributed by atoms with Crippen molar-refractivity contribution in [3.05, 3.63) is 59.2 Å². The number of esters is 1. The molecule has 0 aliphatic heterocycles. The van der Waals surface area contributed by atoms with Gasteiger partial charge in [0.25, 0.3) is 0 Å². The molecule has 9 heteroatoms. The highest BCUT2D eigenvalue weighted by molar-refractivity contribution is 7.53. The molecule has 31 heavy (non-hydrogen) atoms. The molecule has 2 rings (SSSR count). The van der Waals surface area contributed by atoms with E-state index in [0.29, 0.717) is 38.3 Å². The summed E-state index contributed by atoms with van der Waals surface area (Å²) in [6.07, 6.45) is 2.93. The maximum Gasteiger partial charge on any atom is 0.359 e. The number of carbonyl (C=O) groups is 1. The van der Waals surface area contributed by atoms with Crippen molar-refractivity contribution < 1.29 is 27.5 Å². The number of halogens is 1. The molecule has 170 valence electrons. The molecule has 0 fully saturated rings. The maximum absolute atomic E-state index is 13.1. The van der Waals surface area contributed by atoms with Crippen LogP contribution in [0.2, 0.25) is 0 Å². The van der Waals surface area contributed by atoms with Crippen molar-refractivity contribution in [2.24, 2.45) is 0 Å². The second-order valence-corrected chi connectivity index (χ2v) is 8.90. The number of carbonyl (C=O) groups excluding carboxylic acids is 1. The number of hydrogen-bond donors (Lipinski definition) is 1. The van der Waals surface area contributed by atoms with Crippen LogP contribution in [0.1, 0.15) is 48.8 Å². The first-order valence-corrected chi connectivity index (χ1v) is 12.2. The Bertz CT molecular complexity index is 882. The van der Waals surface area contributed by atoms with Crippen LogP contribution in [0.25, 0.3) is 0 Å². The van der Waals surface area contributed by atoms with Crippen molar-refractivity contribution in [3.63, 3.8) is 0 Å². The van der Waals surface area contributed by atoms with Crippen molar-refractivity contribution in [1.82, 2.24) is 4.98 Å². The molecule has 1 aromatic carbocycles. The summed E-state index contributed by atoms with van der Waals surface area (Å²) in [6.45, 7) is 6.58. The topological polar surface area (TPSA) is 86.8 Å². The summed E-state index contributed by atoms with van der Waals surface area (Å²) < 4.78 is 41.4. The summed E-state index contributed by atoms with van der Waals surface area (Å²) in [5, 5.41) is 3.19. The smallest absolute Gasteiger partial charge is 0.359 e. The number of aromatic nitrogens is 1. The van der Waals surface area contributed by atoms with Crippen LogP contribution in [0.5, 0.6) is 0 Å². The minimum Gasteiger partial charge on any atom is -0.461 e. The van der Waals surface area contributed by atoms with E-state index >= 15 is 0 Å². The van der Waals surface area contributed by atoms with Gasteiger partial charge in [-0.05, 0) is 62.9 Å². The summed E-state index contributed by atoms with van der Waals surface area (Å²) in [4.78, 5) is 16.6. The average molecular weight is 452 g/mol. The SMILES string of the molecule is CCOC(=O)c1ncc(Cc2ccc(F)cc2)cc1NCCCP(=O)(OCC)OCC. The molecule has 0 atom stereocenters. The molecule has 0 bridgehead atoms. The predicted molar refractivity (Wildman–Crippen MR) is 118 cm³/mol. The summed E-state index contributed by atoms with van der Waals surface area (Å²) in [7, 11) is -3.12. The van der Waals surface area contributed by atoms with Gasteiger partial charge in [0.1, 0.15) is 5.82 Å². The highest BCUT2D eigenvalue weighted by Crippen LogP contribution is 2.48. The monoisotopic (exact) mass is 452 g/mol. The summed E-state index contributed by atoms with van der Waals surface area (Å²) >= 11 is 0. The van der Waals surface area contributed by atoms with Gasteiger partial charge in [-0.15, -0.1) is 0 Å². The van der Waals surface area contributed by atoms with E-state index in [2.05, 4.69) is 10.3 Å². The predicted octanol–water partition coefficient (Wildman–Crippen LogP) is 5.06. The fourth-order valence-electron chi connectivity index (χ4n) is 3.00. The number of nitrogens with one attached hydrogen (secondary N) is 1. The average Bonchev–Trinajstić information content (AvgIpc) is 2.73. The molecule has 1 N–H and O–H groups in total. The van der Waals surface area contributed by atoms with Gasteiger partial charge in [-0.25, -0.2) is 14.2 Å². The zero-order valence-electron chi connectivity index (χ0n) is 18.2. The van der Waals surface area contributed by atoms with Crippen molar-refractivity contribution in [2.45, 2.75) is 33.6 Å². The van der Waals surface area contributed by atoms with Gasteiger partial charge in [-0.2, -0.15) is 0 Å². The molecule has 0 unspecified atom stereocenters. The molecule has 1 aromatic heterocycles. The van der Waals surface area contributed by atoms with Crippen LogP contribution in [-0.4, -0.2) is 43.5 Å². The maximum atomic E-state index is 13.1. The third kappa shape index (κ3) is 8.05. The van der Waals surface area contributed by atoms with Crippen LogP contribution in [0.15, 0.2) is 36.5 Å². The fraction of sp³-hybridized carbons (Fsp3) is 0.455. The molecular formula is C22H30FN2O5P. The molecule has 0 aliphatic carbocycles. The zero-order chi connectivity index (χ0) is 22.7. The van der Waals surface area contributed by atoms with Gasteiger partial charge in [0.2, 0.25) is 0 Å². The Morgan fingerprint density at radius 2 is 1.74 bits per heavy atom. The highest BCUT2D eigenvalue weighted by Gasteiger charge is 2.23. The molecule has 0 spiro atoms. The Labute approximate surface area is 182 Å². The molecule has 7 nitrogen and oxygen atoms in total. The third-order valence-corrected chi connectivity index (χ3v) is 6.48. The first kappa shape index (κ1) is 25.0. The number of ether oxygens (including phenoxy) is 1. The Morgan fingerprint density at radius 3 is 2.35 bits per heavy atom. The lowest BCUT2D eigenvalue weighted by Crippen LogP contribution is -2.14. The van der Waals surface area contributed by atoms with Gasteiger partial charge < -0.3 is 19.1 Å². The Kier molecular flexibility index (Phi) is 10.1. The molecule has 2 aromatic rings. The van der Waals surface area contributed by atoms with E-state index < -0.39 is 13.6 Å². The highest BCUT2D eigenvalue weighted by atomic mass is 31.2. The van der Waals surface area contributed by atoms with Gasteiger partial charge in [0.15, 0.2) is 5.69 Å². The number of pyridine rings is 1. The van der Waals surface area contributed by atoms with Crippen molar-refractivity contribution in [3.8, 4) is 0 Å². The molecule has 0 saturated heterocycles. The minimum atomic E-state index is -3.12. The number of nitrogens with zero attached hydrogens (tertiary/aromatic N) is 1. The molecule has 0 saturated carbocycles. The van der Waals surface area contributed by atoms with Crippen LogP contribution in [0, 0.1) is 5.82 Å². The Hall–Kier alpha value is -2.28. The molecule has 0 radical (unpaired) electrons. The van der Waals surface area contributed by atoms with Crippen LogP contribution in [-0.2, 0) is 24.8 Å². The minimum absolute atomic E-state index is 0.183. The van der Waals surface area contributed by atoms with Gasteiger partial charge in [-0.1, -0.05) is 12.1 Å². The Morgan fingerprint density at radius 1 is 1.06 bits per heavy atom. The van der Waals surface area contributed by atoms with E-state index in [4.69, 9.17) is 13.8 Å². The van der Waals surface area contributed by atoms with Crippen LogP contribution in [0.3, 0.4) is 0 Å². The van der Waals surface area contributed by atoms with E-state index in [9.17, 15) is 13.8 Å². The zero-order valence-corrected chi connectivity index (χ0v) is 19.1. The van der Waals surface area contributed by atoms with E-state index in [1.165, 1.54) is 12.1 Å². The Balaban J connectivity index is 2.11. The summed E-state index contributed by atoms with van der Waals surface area (Å²) in [5.41, 5.74) is 2.49. The second-order valence-electron chi connectivity index (χ2n) is 6.71. The van der Waals surface area contributed by atoms with E-state index in [-0.39, 0.29) is 24.3 Å².